The maximum atomic E-state index is 11.2. The summed E-state index contributed by atoms with van der Waals surface area (Å²) in [4.78, 5) is 11.2. The predicted molar refractivity (Wildman–Crippen MR) is 44.5 cm³/mol. The van der Waals surface area contributed by atoms with Gasteiger partial charge in [-0.05, 0) is 12.8 Å². The molecule has 0 spiro atoms. The summed E-state index contributed by atoms with van der Waals surface area (Å²) in [5.74, 6) is -0.991. The van der Waals surface area contributed by atoms with Crippen molar-refractivity contribution in [3.05, 3.63) is 0 Å². The van der Waals surface area contributed by atoms with Crippen LogP contribution in [0.1, 0.15) is 12.8 Å². The highest BCUT2D eigenvalue weighted by molar-refractivity contribution is 7.86. The Hall–Kier alpha value is -0.620. The second-order valence-corrected chi connectivity index (χ2v) is 4.57. The molecule has 5 nitrogen and oxygen atoms in total. The van der Waals surface area contributed by atoms with E-state index in [0.29, 0.717) is 26.1 Å². The van der Waals surface area contributed by atoms with Gasteiger partial charge in [0.05, 0.1) is 12.2 Å². The Balaban J connectivity index is 2.47. The normalized spacial score (nSPS) is 19.8. The minimum Gasteiger partial charge on any atom is -0.381 e. The molecule has 0 N–H and O–H groups in total. The van der Waals surface area contributed by atoms with Crippen molar-refractivity contribution in [2.24, 2.45) is 5.92 Å². The van der Waals surface area contributed by atoms with Gasteiger partial charge in [-0.2, -0.15) is 8.42 Å². The molecule has 0 radical (unpaired) electrons. The van der Waals surface area contributed by atoms with Crippen molar-refractivity contribution in [3.63, 3.8) is 0 Å². The van der Waals surface area contributed by atoms with Crippen molar-refractivity contribution in [2.45, 2.75) is 12.8 Å². The van der Waals surface area contributed by atoms with Crippen molar-refractivity contribution in [2.75, 3.05) is 19.5 Å². The number of ether oxygens (including phenoxy) is 1. The Morgan fingerprint density at radius 2 is 1.92 bits per heavy atom. The summed E-state index contributed by atoms with van der Waals surface area (Å²) >= 11 is 0. The van der Waals surface area contributed by atoms with Crippen molar-refractivity contribution in [1.82, 2.24) is 0 Å². The molecule has 0 bridgehead atoms. The molecule has 13 heavy (non-hydrogen) atoms. The van der Waals surface area contributed by atoms with Crippen LogP contribution < -0.4 is 0 Å². The topological polar surface area (TPSA) is 69.7 Å². The molecule has 1 heterocycles. The van der Waals surface area contributed by atoms with Gasteiger partial charge in [-0.3, -0.25) is 4.79 Å². The minimum atomic E-state index is -3.66. The van der Waals surface area contributed by atoms with Crippen molar-refractivity contribution < 1.29 is 22.1 Å². The van der Waals surface area contributed by atoms with E-state index in [2.05, 4.69) is 4.18 Å². The van der Waals surface area contributed by atoms with Gasteiger partial charge in [-0.1, -0.05) is 0 Å². The molecule has 1 aliphatic rings. The summed E-state index contributed by atoms with van der Waals surface area (Å²) in [5, 5.41) is 0. The lowest BCUT2D eigenvalue weighted by Gasteiger charge is -2.19. The SMILES string of the molecule is CS(=O)(=O)OC(=O)C1CCOCC1. The number of carbonyl (C=O) groups excluding carboxylic acids is 1. The van der Waals surface area contributed by atoms with E-state index in [1.54, 1.807) is 0 Å². The van der Waals surface area contributed by atoms with E-state index in [0.717, 1.165) is 6.26 Å². The first-order valence-electron chi connectivity index (χ1n) is 4.00. The van der Waals surface area contributed by atoms with Gasteiger partial charge in [-0.15, -0.1) is 0 Å². The zero-order chi connectivity index (χ0) is 9.90. The maximum absolute atomic E-state index is 11.2. The molecule has 76 valence electrons. The van der Waals surface area contributed by atoms with Gasteiger partial charge >= 0.3 is 16.1 Å². The summed E-state index contributed by atoms with van der Waals surface area (Å²) in [5.41, 5.74) is 0. The third-order valence-corrected chi connectivity index (χ3v) is 2.26. The summed E-state index contributed by atoms with van der Waals surface area (Å²) in [6.45, 7) is 0.979. The van der Waals surface area contributed by atoms with Gasteiger partial charge in [0.2, 0.25) is 0 Å². The molecule has 1 aliphatic heterocycles. The second-order valence-electron chi connectivity index (χ2n) is 2.99. The van der Waals surface area contributed by atoms with Crippen LogP contribution in [0.15, 0.2) is 0 Å². The van der Waals surface area contributed by atoms with E-state index < -0.39 is 16.1 Å². The largest absolute Gasteiger partial charge is 0.381 e. The Morgan fingerprint density at radius 1 is 1.38 bits per heavy atom. The molecule has 0 aromatic heterocycles. The van der Waals surface area contributed by atoms with Crippen molar-refractivity contribution in [1.29, 1.82) is 0 Å². The third-order valence-electron chi connectivity index (χ3n) is 1.79. The predicted octanol–water partition coefficient (Wildman–Crippen LogP) is -0.0842. The number of hydrogen-bond acceptors (Lipinski definition) is 5. The monoisotopic (exact) mass is 208 g/mol. The molecular weight excluding hydrogens is 196 g/mol. The summed E-state index contributed by atoms with van der Waals surface area (Å²) in [6, 6.07) is 0. The fourth-order valence-electron chi connectivity index (χ4n) is 1.15. The molecule has 1 fully saturated rings. The van der Waals surface area contributed by atoms with Gasteiger partial charge in [0, 0.05) is 13.2 Å². The van der Waals surface area contributed by atoms with Gasteiger partial charge in [0.25, 0.3) is 0 Å². The highest BCUT2D eigenvalue weighted by Crippen LogP contribution is 2.16. The van der Waals surface area contributed by atoms with Gasteiger partial charge in [0.1, 0.15) is 0 Å². The van der Waals surface area contributed by atoms with E-state index in [4.69, 9.17) is 4.74 Å². The molecule has 1 saturated heterocycles. The molecule has 1 rings (SSSR count). The average Bonchev–Trinajstić information content (AvgIpc) is 2.03. The first kappa shape index (κ1) is 10.5. The lowest BCUT2D eigenvalue weighted by atomic mass is 10.0. The highest BCUT2D eigenvalue weighted by Gasteiger charge is 2.25. The smallest absolute Gasteiger partial charge is 0.325 e. The first-order valence-corrected chi connectivity index (χ1v) is 5.82. The highest BCUT2D eigenvalue weighted by atomic mass is 32.2. The summed E-state index contributed by atoms with van der Waals surface area (Å²) < 4.78 is 30.5. The van der Waals surface area contributed by atoms with Crippen LogP contribution in [-0.2, 0) is 23.8 Å². The molecule has 0 saturated carbocycles. The molecular formula is C7H12O5S. The Morgan fingerprint density at radius 3 is 2.38 bits per heavy atom. The molecule has 0 aromatic carbocycles. The van der Waals surface area contributed by atoms with Crippen LogP contribution in [0.5, 0.6) is 0 Å². The Bertz CT molecular complexity index is 275. The van der Waals surface area contributed by atoms with Gasteiger partial charge in [-0.25, -0.2) is 0 Å². The molecule has 0 aromatic rings. The Kier molecular flexibility index (Phi) is 3.27. The zero-order valence-electron chi connectivity index (χ0n) is 7.36. The van der Waals surface area contributed by atoms with E-state index in [1.165, 1.54) is 0 Å². The standard InChI is InChI=1S/C7H12O5S/c1-13(9,10)12-7(8)6-2-4-11-5-3-6/h6H,2-5H2,1H3. The van der Waals surface area contributed by atoms with Crippen LogP contribution in [0.25, 0.3) is 0 Å². The molecule has 6 heteroatoms. The van der Waals surface area contributed by atoms with Crippen LogP contribution in [0.4, 0.5) is 0 Å². The fraction of sp³-hybridized carbons (Fsp3) is 0.857. The quantitative estimate of drug-likeness (QED) is 0.593. The summed E-state index contributed by atoms with van der Waals surface area (Å²) in [7, 11) is -3.66. The van der Waals surface area contributed by atoms with Crippen LogP contribution in [0.3, 0.4) is 0 Å². The molecule has 0 amide bonds. The van der Waals surface area contributed by atoms with Crippen LogP contribution in [0.2, 0.25) is 0 Å². The maximum Gasteiger partial charge on any atom is 0.325 e. The van der Waals surface area contributed by atoms with Gasteiger partial charge in [0.15, 0.2) is 0 Å². The zero-order valence-corrected chi connectivity index (χ0v) is 8.17. The minimum absolute atomic E-state index is 0.330. The molecule has 0 unspecified atom stereocenters. The van der Waals surface area contributed by atoms with Gasteiger partial charge < -0.3 is 8.92 Å². The molecule has 0 aliphatic carbocycles. The fourth-order valence-corrected chi connectivity index (χ4v) is 1.58. The summed E-state index contributed by atoms with van der Waals surface area (Å²) in [6.07, 6.45) is 1.94. The lowest BCUT2D eigenvalue weighted by molar-refractivity contribution is -0.141. The number of rotatable bonds is 2. The van der Waals surface area contributed by atoms with E-state index in [-0.39, 0.29) is 5.92 Å². The van der Waals surface area contributed by atoms with Crippen LogP contribution >= 0.6 is 0 Å². The first-order chi connectivity index (χ1) is 5.99. The number of hydrogen-bond donors (Lipinski definition) is 0. The number of carbonyl (C=O) groups is 1. The van der Waals surface area contributed by atoms with Crippen LogP contribution in [-0.4, -0.2) is 33.9 Å². The second kappa shape index (κ2) is 4.06. The Labute approximate surface area is 77.1 Å². The van der Waals surface area contributed by atoms with Crippen molar-refractivity contribution in [3.8, 4) is 0 Å². The van der Waals surface area contributed by atoms with E-state index in [9.17, 15) is 13.2 Å². The average molecular weight is 208 g/mol. The van der Waals surface area contributed by atoms with E-state index >= 15 is 0 Å². The van der Waals surface area contributed by atoms with Crippen molar-refractivity contribution >= 4 is 16.1 Å². The third kappa shape index (κ3) is 3.73. The molecule has 0 atom stereocenters. The van der Waals surface area contributed by atoms with E-state index in [1.807, 2.05) is 0 Å². The van der Waals surface area contributed by atoms with Crippen LogP contribution in [0, 0.1) is 5.92 Å². The lowest BCUT2D eigenvalue weighted by Crippen LogP contribution is -2.26.